The number of hydrogen-bond acceptors (Lipinski definition) is 3. The molecule has 4 nitrogen and oxygen atoms in total. The predicted octanol–water partition coefficient (Wildman–Crippen LogP) is 2.33. The highest BCUT2D eigenvalue weighted by atomic mass is 32.1. The molecule has 0 aromatic heterocycles. The molecule has 1 aromatic rings. The Hall–Kier alpha value is -1.46. The number of carbonyl (C=O) groups is 1. The highest BCUT2D eigenvalue weighted by Crippen LogP contribution is 2.45. The Bertz CT molecular complexity index is 589. The van der Waals surface area contributed by atoms with Crippen molar-refractivity contribution in [1.82, 2.24) is 0 Å². The second-order valence-corrected chi connectivity index (χ2v) is 6.72. The van der Waals surface area contributed by atoms with Gasteiger partial charge in [0, 0.05) is 18.3 Å². The first-order valence-corrected chi connectivity index (χ1v) is 8.20. The molecule has 2 fully saturated rings. The Morgan fingerprint density at radius 3 is 2.64 bits per heavy atom. The predicted molar refractivity (Wildman–Crippen MR) is 87.8 cm³/mol. The molecule has 2 bridgehead atoms. The van der Waals surface area contributed by atoms with Crippen LogP contribution in [-0.2, 0) is 22.4 Å². The Kier molecular flexibility index (Phi) is 4.45. The van der Waals surface area contributed by atoms with Crippen LogP contribution >= 0.6 is 12.2 Å². The highest BCUT2D eigenvalue weighted by molar-refractivity contribution is 7.80. The van der Waals surface area contributed by atoms with Crippen LogP contribution in [0.15, 0.2) is 24.3 Å². The van der Waals surface area contributed by atoms with Crippen molar-refractivity contribution in [3.63, 3.8) is 0 Å². The Labute approximate surface area is 135 Å². The number of aryl methyl sites for hydroxylation is 1. The summed E-state index contributed by atoms with van der Waals surface area (Å²) in [4.78, 5) is 11.4. The van der Waals surface area contributed by atoms with Gasteiger partial charge in [-0.25, -0.2) is 0 Å². The van der Waals surface area contributed by atoms with Crippen molar-refractivity contribution < 1.29 is 14.6 Å². The normalized spacial score (nSPS) is 29.6. The van der Waals surface area contributed by atoms with Gasteiger partial charge in [-0.1, -0.05) is 36.5 Å². The molecule has 4 atom stereocenters. The Morgan fingerprint density at radius 2 is 1.95 bits per heavy atom. The molecule has 0 unspecified atom stereocenters. The maximum absolute atomic E-state index is 10.8. The number of nitrogens with two attached hydrogens (primary N) is 1. The first-order chi connectivity index (χ1) is 10.6. The summed E-state index contributed by atoms with van der Waals surface area (Å²) >= 11 is 5.25. The van der Waals surface area contributed by atoms with Crippen molar-refractivity contribution in [2.45, 2.75) is 44.3 Å². The lowest BCUT2D eigenvalue weighted by Crippen LogP contribution is -2.37. The van der Waals surface area contributed by atoms with Crippen LogP contribution in [0.3, 0.4) is 0 Å². The number of carboxylic acid groups (broad SMARTS) is 1. The van der Waals surface area contributed by atoms with Crippen LogP contribution in [0.2, 0.25) is 0 Å². The summed E-state index contributed by atoms with van der Waals surface area (Å²) in [5.74, 6) is -0.289. The van der Waals surface area contributed by atoms with Gasteiger partial charge < -0.3 is 15.6 Å². The molecule has 3 rings (SSSR count). The number of fused-ring (bicyclic) bond motifs is 2. The Morgan fingerprint density at radius 1 is 1.27 bits per heavy atom. The van der Waals surface area contributed by atoms with Crippen LogP contribution < -0.4 is 5.73 Å². The van der Waals surface area contributed by atoms with Crippen LogP contribution in [0.5, 0.6) is 0 Å². The molecule has 5 heteroatoms. The van der Waals surface area contributed by atoms with Crippen molar-refractivity contribution in [3.8, 4) is 0 Å². The number of benzene rings is 1. The third-order valence-electron chi connectivity index (χ3n) is 4.94. The monoisotopic (exact) mass is 319 g/mol. The van der Waals surface area contributed by atoms with E-state index in [9.17, 15) is 4.79 Å². The first kappa shape index (κ1) is 15.4. The SMILES string of the molecule is NC(=S)[C@@H]1[C@H](Cc2ccccc2CCC(=O)O)[C@H]2CC[C@@H]1O2. The second kappa shape index (κ2) is 6.34. The third-order valence-corrected chi connectivity index (χ3v) is 5.21. The van der Waals surface area contributed by atoms with Crippen LogP contribution in [0.1, 0.15) is 30.4 Å². The minimum absolute atomic E-state index is 0.154. The molecule has 2 aliphatic heterocycles. The van der Waals surface area contributed by atoms with Gasteiger partial charge in [0.2, 0.25) is 0 Å². The molecule has 118 valence electrons. The molecule has 2 aliphatic rings. The molecular formula is C17H21NO3S. The summed E-state index contributed by atoms with van der Waals surface area (Å²) in [6.45, 7) is 0. The zero-order chi connectivity index (χ0) is 15.7. The second-order valence-electron chi connectivity index (χ2n) is 6.25. The molecular weight excluding hydrogens is 298 g/mol. The van der Waals surface area contributed by atoms with Crippen molar-refractivity contribution in [3.05, 3.63) is 35.4 Å². The lowest BCUT2D eigenvalue weighted by Gasteiger charge is -2.27. The third kappa shape index (κ3) is 3.01. The largest absolute Gasteiger partial charge is 0.481 e. The van der Waals surface area contributed by atoms with E-state index in [2.05, 4.69) is 6.07 Å². The first-order valence-electron chi connectivity index (χ1n) is 7.79. The van der Waals surface area contributed by atoms with E-state index in [4.69, 9.17) is 27.8 Å². The molecule has 3 N–H and O–H groups in total. The fourth-order valence-corrected chi connectivity index (χ4v) is 4.25. The van der Waals surface area contributed by atoms with Gasteiger partial charge in [0.05, 0.1) is 17.2 Å². The number of carboxylic acids is 1. The van der Waals surface area contributed by atoms with Gasteiger partial charge in [-0.3, -0.25) is 4.79 Å². The van der Waals surface area contributed by atoms with E-state index in [0.29, 0.717) is 17.3 Å². The molecule has 1 aromatic carbocycles. The van der Waals surface area contributed by atoms with Crippen molar-refractivity contribution in [2.24, 2.45) is 17.6 Å². The van der Waals surface area contributed by atoms with Crippen LogP contribution in [0.4, 0.5) is 0 Å². The van der Waals surface area contributed by atoms with E-state index in [1.54, 1.807) is 0 Å². The zero-order valence-electron chi connectivity index (χ0n) is 12.4. The van der Waals surface area contributed by atoms with E-state index in [-0.39, 0.29) is 24.5 Å². The number of thiocarbonyl (C=S) groups is 1. The standard InChI is InChI=1S/C17H21NO3S/c18-17(22)16-12(13-6-7-14(16)21-13)9-11-4-2-1-3-10(11)5-8-15(19)20/h1-4,12-14,16H,5-9H2,(H2,18,22)(H,19,20)/t12-,13-,14+,16-/m1/s1. The van der Waals surface area contributed by atoms with Gasteiger partial charge in [0.15, 0.2) is 0 Å². The van der Waals surface area contributed by atoms with Crippen LogP contribution in [0, 0.1) is 11.8 Å². The van der Waals surface area contributed by atoms with E-state index in [0.717, 1.165) is 24.8 Å². The summed E-state index contributed by atoms with van der Waals surface area (Å²) in [5, 5.41) is 8.90. The number of ether oxygens (including phenoxy) is 1. The molecule has 0 amide bonds. The minimum Gasteiger partial charge on any atom is -0.481 e. The van der Waals surface area contributed by atoms with Crippen molar-refractivity contribution >= 4 is 23.2 Å². The van der Waals surface area contributed by atoms with Crippen molar-refractivity contribution in [1.29, 1.82) is 0 Å². The summed E-state index contributed by atoms with van der Waals surface area (Å²) in [6, 6.07) is 8.06. The average Bonchev–Trinajstić information content (AvgIpc) is 3.07. The molecule has 0 spiro atoms. The van der Waals surface area contributed by atoms with Gasteiger partial charge in [0.25, 0.3) is 0 Å². The zero-order valence-corrected chi connectivity index (χ0v) is 13.2. The summed E-state index contributed by atoms with van der Waals surface area (Å²) in [6.07, 6.45) is 4.12. The summed E-state index contributed by atoms with van der Waals surface area (Å²) < 4.78 is 6.01. The number of hydrogen-bond donors (Lipinski definition) is 2. The lowest BCUT2D eigenvalue weighted by molar-refractivity contribution is -0.136. The van der Waals surface area contributed by atoms with Crippen molar-refractivity contribution in [2.75, 3.05) is 0 Å². The molecule has 2 saturated heterocycles. The minimum atomic E-state index is -0.765. The highest BCUT2D eigenvalue weighted by Gasteiger charge is 2.49. The van der Waals surface area contributed by atoms with Crippen LogP contribution in [0.25, 0.3) is 0 Å². The van der Waals surface area contributed by atoms with E-state index < -0.39 is 5.97 Å². The molecule has 2 heterocycles. The molecule has 0 radical (unpaired) electrons. The van der Waals surface area contributed by atoms with Crippen LogP contribution in [-0.4, -0.2) is 28.3 Å². The molecule has 0 saturated carbocycles. The summed E-state index contributed by atoms with van der Waals surface area (Å²) in [5.41, 5.74) is 8.24. The number of aliphatic carboxylic acids is 1. The molecule has 22 heavy (non-hydrogen) atoms. The fraction of sp³-hybridized carbons (Fsp3) is 0.529. The van der Waals surface area contributed by atoms with E-state index >= 15 is 0 Å². The molecule has 0 aliphatic carbocycles. The number of rotatable bonds is 6. The van der Waals surface area contributed by atoms with Gasteiger partial charge in [0.1, 0.15) is 0 Å². The maximum Gasteiger partial charge on any atom is 0.303 e. The van der Waals surface area contributed by atoms with E-state index in [1.807, 2.05) is 18.2 Å². The quantitative estimate of drug-likeness (QED) is 0.787. The maximum atomic E-state index is 10.8. The van der Waals surface area contributed by atoms with Gasteiger partial charge in [-0.05, 0) is 36.8 Å². The average molecular weight is 319 g/mol. The van der Waals surface area contributed by atoms with Gasteiger partial charge in [-0.2, -0.15) is 0 Å². The Balaban J connectivity index is 1.78. The summed E-state index contributed by atoms with van der Waals surface area (Å²) in [7, 11) is 0. The lowest BCUT2D eigenvalue weighted by atomic mass is 9.75. The van der Waals surface area contributed by atoms with E-state index in [1.165, 1.54) is 5.56 Å². The van der Waals surface area contributed by atoms with Gasteiger partial charge >= 0.3 is 5.97 Å². The van der Waals surface area contributed by atoms with Gasteiger partial charge in [-0.15, -0.1) is 0 Å². The fourth-order valence-electron chi connectivity index (χ4n) is 3.92. The smallest absolute Gasteiger partial charge is 0.303 e. The topological polar surface area (TPSA) is 72.6 Å².